The molecule has 96 valence electrons. The number of hydrogen-bond acceptors (Lipinski definition) is 5. The fourth-order valence-corrected chi connectivity index (χ4v) is 1.49. The van der Waals surface area contributed by atoms with E-state index in [2.05, 4.69) is 5.32 Å². The van der Waals surface area contributed by atoms with Crippen LogP contribution in [0.4, 0.5) is 5.69 Å². The van der Waals surface area contributed by atoms with Gasteiger partial charge in [-0.3, -0.25) is 14.9 Å². The molecule has 0 spiro atoms. The van der Waals surface area contributed by atoms with Gasteiger partial charge in [0.15, 0.2) is 0 Å². The van der Waals surface area contributed by atoms with E-state index in [9.17, 15) is 24.8 Å². The predicted molar refractivity (Wildman–Crippen MR) is 59.3 cm³/mol. The predicted octanol–water partition coefficient (Wildman–Crippen LogP) is -0.0880. The van der Waals surface area contributed by atoms with Gasteiger partial charge in [-0.1, -0.05) is 12.1 Å². The van der Waals surface area contributed by atoms with Gasteiger partial charge < -0.3 is 15.2 Å². The molecule has 0 aromatic heterocycles. The molecule has 1 aromatic rings. The van der Waals surface area contributed by atoms with Crippen molar-refractivity contribution >= 4 is 17.6 Å². The number of benzene rings is 1. The summed E-state index contributed by atoms with van der Waals surface area (Å²) in [7, 11) is 0. The van der Waals surface area contributed by atoms with E-state index in [-0.39, 0.29) is 11.6 Å². The second-order valence-corrected chi connectivity index (χ2v) is 3.68. The van der Waals surface area contributed by atoms with E-state index in [1.54, 1.807) is 0 Å². The number of carbonyl (C=O) groups excluding carboxylic acids is 2. The van der Waals surface area contributed by atoms with E-state index in [0.29, 0.717) is 5.56 Å². The first-order valence-corrected chi connectivity index (χ1v) is 5.11. The maximum atomic E-state index is 11.0. The van der Waals surface area contributed by atoms with Crippen molar-refractivity contribution in [2.75, 3.05) is 0 Å². The lowest BCUT2D eigenvalue weighted by molar-refractivity contribution is -0.384. The second kappa shape index (κ2) is 5.76. The third-order valence-corrected chi connectivity index (χ3v) is 2.25. The van der Waals surface area contributed by atoms with Crippen molar-refractivity contribution in [3.05, 3.63) is 39.9 Å². The number of nitro benzene ring substituents is 1. The quantitative estimate of drug-likeness (QED) is 0.580. The summed E-state index contributed by atoms with van der Waals surface area (Å²) in [5, 5.41) is 23.5. The molecular weight excluding hydrogens is 240 g/mol. The van der Waals surface area contributed by atoms with Gasteiger partial charge in [-0.25, -0.2) is 0 Å². The Morgan fingerprint density at radius 3 is 2.28 bits per heavy atom. The molecular formula is C11H11N2O5-. The zero-order valence-electron chi connectivity index (χ0n) is 9.58. The van der Waals surface area contributed by atoms with Gasteiger partial charge in [0.25, 0.3) is 5.69 Å². The monoisotopic (exact) mass is 251 g/mol. The summed E-state index contributed by atoms with van der Waals surface area (Å²) in [5.74, 6) is -1.70. The van der Waals surface area contributed by atoms with Gasteiger partial charge in [-0.05, 0) is 5.56 Å². The normalized spacial score (nSPS) is 11.6. The van der Waals surface area contributed by atoms with Crippen molar-refractivity contribution < 1.29 is 19.6 Å². The molecule has 0 aliphatic carbocycles. The highest BCUT2D eigenvalue weighted by molar-refractivity contribution is 5.75. The highest BCUT2D eigenvalue weighted by Gasteiger charge is 2.14. The van der Waals surface area contributed by atoms with Crippen molar-refractivity contribution in [3.63, 3.8) is 0 Å². The molecule has 0 saturated heterocycles. The van der Waals surface area contributed by atoms with Gasteiger partial charge in [0.05, 0.1) is 11.0 Å². The number of nitrogens with zero attached hydrogens (tertiary/aromatic N) is 1. The molecule has 1 rings (SSSR count). The summed E-state index contributed by atoms with van der Waals surface area (Å²) in [6, 6.07) is 4.55. The maximum absolute atomic E-state index is 11.0. The fraction of sp³-hybridized carbons (Fsp3) is 0.273. The van der Waals surface area contributed by atoms with Crippen LogP contribution in [-0.4, -0.2) is 16.8 Å². The molecule has 0 aliphatic rings. The van der Waals surface area contributed by atoms with Crippen molar-refractivity contribution in [2.24, 2.45) is 0 Å². The Kier molecular flexibility index (Phi) is 4.36. The Hall–Kier alpha value is -2.44. The smallest absolute Gasteiger partial charge is 0.269 e. The third kappa shape index (κ3) is 3.85. The average molecular weight is 251 g/mol. The van der Waals surface area contributed by atoms with Crippen molar-refractivity contribution in [2.45, 2.75) is 19.4 Å². The summed E-state index contributed by atoms with van der Waals surface area (Å²) in [4.78, 5) is 31.4. The first-order valence-electron chi connectivity index (χ1n) is 5.11. The van der Waals surface area contributed by atoms with Crippen molar-refractivity contribution in [1.82, 2.24) is 5.32 Å². The van der Waals surface area contributed by atoms with Crippen LogP contribution in [0.1, 0.15) is 24.9 Å². The third-order valence-electron chi connectivity index (χ3n) is 2.25. The zero-order chi connectivity index (χ0) is 13.7. The lowest BCUT2D eigenvalue weighted by Crippen LogP contribution is -2.33. The minimum atomic E-state index is -1.31. The number of rotatable bonds is 5. The van der Waals surface area contributed by atoms with Gasteiger partial charge in [0.1, 0.15) is 0 Å². The van der Waals surface area contributed by atoms with Crippen LogP contribution in [0.3, 0.4) is 0 Å². The SMILES string of the molecule is CC(=O)N[C@H](CC(=O)[O-])c1ccc([N+](=O)[O-])cc1. The van der Waals surface area contributed by atoms with E-state index in [4.69, 9.17) is 0 Å². The summed E-state index contributed by atoms with van der Waals surface area (Å²) in [6.45, 7) is 1.26. The number of carboxylic acids is 1. The number of hydrogen-bond donors (Lipinski definition) is 1. The number of carbonyl (C=O) groups is 2. The Morgan fingerprint density at radius 1 is 1.33 bits per heavy atom. The van der Waals surface area contributed by atoms with E-state index in [1.807, 2.05) is 0 Å². The summed E-state index contributed by atoms with van der Waals surface area (Å²) >= 11 is 0. The van der Waals surface area contributed by atoms with Crippen LogP contribution in [0.15, 0.2) is 24.3 Å². The molecule has 0 saturated carbocycles. The van der Waals surface area contributed by atoms with E-state index < -0.39 is 23.4 Å². The molecule has 7 nitrogen and oxygen atoms in total. The van der Waals surface area contributed by atoms with Crippen LogP contribution in [0.5, 0.6) is 0 Å². The Balaban J connectivity index is 2.93. The van der Waals surface area contributed by atoms with Crippen LogP contribution in [0.25, 0.3) is 0 Å². The minimum Gasteiger partial charge on any atom is -0.550 e. The van der Waals surface area contributed by atoms with Gasteiger partial charge in [0.2, 0.25) is 5.91 Å². The topological polar surface area (TPSA) is 112 Å². The van der Waals surface area contributed by atoms with Gasteiger partial charge in [0, 0.05) is 31.4 Å². The molecule has 1 atom stereocenters. The minimum absolute atomic E-state index is 0.103. The summed E-state index contributed by atoms with van der Waals surface area (Å²) < 4.78 is 0. The lowest BCUT2D eigenvalue weighted by atomic mass is 10.0. The molecule has 0 unspecified atom stereocenters. The Morgan fingerprint density at radius 2 is 1.89 bits per heavy atom. The molecule has 0 bridgehead atoms. The average Bonchev–Trinajstić information content (AvgIpc) is 2.27. The van der Waals surface area contributed by atoms with Crippen molar-refractivity contribution in [3.8, 4) is 0 Å². The summed E-state index contributed by atoms with van der Waals surface area (Å²) in [6.07, 6.45) is -0.391. The van der Waals surface area contributed by atoms with Crippen LogP contribution < -0.4 is 10.4 Å². The van der Waals surface area contributed by atoms with E-state index in [0.717, 1.165) is 0 Å². The number of non-ortho nitro benzene ring substituents is 1. The number of amides is 1. The fourth-order valence-electron chi connectivity index (χ4n) is 1.49. The Labute approximate surface area is 103 Å². The van der Waals surface area contributed by atoms with Crippen LogP contribution in [0, 0.1) is 10.1 Å². The van der Waals surface area contributed by atoms with Gasteiger partial charge in [-0.2, -0.15) is 0 Å². The lowest BCUT2D eigenvalue weighted by Gasteiger charge is -2.18. The van der Waals surface area contributed by atoms with E-state index >= 15 is 0 Å². The van der Waals surface area contributed by atoms with Crippen molar-refractivity contribution in [1.29, 1.82) is 0 Å². The molecule has 0 aliphatic heterocycles. The number of aliphatic carboxylic acids is 1. The van der Waals surface area contributed by atoms with Crippen LogP contribution in [-0.2, 0) is 9.59 Å². The number of nitrogens with one attached hydrogen (secondary N) is 1. The largest absolute Gasteiger partial charge is 0.550 e. The number of nitro groups is 1. The molecule has 0 radical (unpaired) electrons. The first kappa shape index (κ1) is 13.6. The first-order chi connectivity index (χ1) is 8.40. The van der Waals surface area contributed by atoms with Gasteiger partial charge >= 0.3 is 0 Å². The molecule has 18 heavy (non-hydrogen) atoms. The second-order valence-electron chi connectivity index (χ2n) is 3.68. The molecule has 1 N–H and O–H groups in total. The highest BCUT2D eigenvalue weighted by Crippen LogP contribution is 2.20. The molecule has 0 fully saturated rings. The number of carboxylic acid groups (broad SMARTS) is 1. The van der Waals surface area contributed by atoms with Gasteiger partial charge in [-0.15, -0.1) is 0 Å². The Bertz CT molecular complexity index is 453. The summed E-state index contributed by atoms with van der Waals surface area (Å²) in [5.41, 5.74) is 0.369. The van der Waals surface area contributed by atoms with Crippen LogP contribution in [0.2, 0.25) is 0 Å². The molecule has 7 heteroatoms. The zero-order valence-corrected chi connectivity index (χ0v) is 9.58. The molecule has 1 aromatic carbocycles. The maximum Gasteiger partial charge on any atom is 0.269 e. The molecule has 1 amide bonds. The standard InChI is InChI=1S/C11H12N2O5/c1-7(14)12-10(6-11(15)16)8-2-4-9(5-3-8)13(17)18/h2-5,10H,6H2,1H3,(H,12,14)(H,15,16)/p-1/t10-/m1/s1. The highest BCUT2D eigenvalue weighted by atomic mass is 16.6. The molecule has 0 heterocycles. The van der Waals surface area contributed by atoms with E-state index in [1.165, 1.54) is 31.2 Å². The van der Waals surface area contributed by atoms with Crippen LogP contribution >= 0.6 is 0 Å².